The van der Waals surface area contributed by atoms with Crippen molar-refractivity contribution < 1.29 is 5.48 Å². The molecule has 6 nitrogen and oxygen atoms in total. The number of hydrogen-bond acceptors (Lipinski definition) is 3. The van der Waals surface area contributed by atoms with E-state index in [0.29, 0.717) is 11.0 Å². The fourth-order valence-corrected chi connectivity index (χ4v) is 1.75. The first-order chi connectivity index (χ1) is 7.75. The van der Waals surface area contributed by atoms with Crippen LogP contribution < -0.4 is 11.1 Å². The maximum Gasteiger partial charge on any atom is 0.274 e. The number of pyridine rings is 1. The molecular formula is C11H9N3O3. The Hall–Kier alpha value is -2.47. The van der Waals surface area contributed by atoms with E-state index in [9.17, 15) is 9.59 Å². The SMILES string of the molecule is O.O=c1cnc2c([nH]1)c(=O)[nH]c1ccccc12. The lowest BCUT2D eigenvalue weighted by Gasteiger charge is -2.00. The van der Waals surface area contributed by atoms with Gasteiger partial charge in [-0.15, -0.1) is 0 Å². The number of aromatic nitrogens is 3. The first-order valence-corrected chi connectivity index (χ1v) is 4.76. The van der Waals surface area contributed by atoms with Crippen LogP contribution in [0.5, 0.6) is 0 Å². The maximum absolute atomic E-state index is 11.7. The van der Waals surface area contributed by atoms with E-state index in [4.69, 9.17) is 0 Å². The number of nitrogens with zero attached hydrogens (tertiary/aromatic N) is 1. The van der Waals surface area contributed by atoms with Gasteiger partial charge in [0.15, 0.2) is 0 Å². The van der Waals surface area contributed by atoms with Crippen LogP contribution in [0.3, 0.4) is 0 Å². The van der Waals surface area contributed by atoms with Crippen LogP contribution in [0.25, 0.3) is 21.9 Å². The van der Waals surface area contributed by atoms with Crippen LogP contribution in [0.15, 0.2) is 40.1 Å². The molecule has 0 saturated carbocycles. The van der Waals surface area contributed by atoms with E-state index in [1.807, 2.05) is 18.2 Å². The largest absolute Gasteiger partial charge is 0.412 e. The van der Waals surface area contributed by atoms with Crippen LogP contribution in [0.2, 0.25) is 0 Å². The Morgan fingerprint density at radius 1 is 1.06 bits per heavy atom. The van der Waals surface area contributed by atoms with Crippen LogP contribution in [0, 0.1) is 0 Å². The van der Waals surface area contributed by atoms with E-state index < -0.39 is 0 Å². The Balaban J connectivity index is 0.00000108. The van der Waals surface area contributed by atoms with E-state index >= 15 is 0 Å². The number of rotatable bonds is 0. The Kier molecular flexibility index (Phi) is 2.49. The second kappa shape index (κ2) is 3.84. The lowest BCUT2D eigenvalue weighted by molar-refractivity contribution is 0.824. The van der Waals surface area contributed by atoms with Crippen LogP contribution in [-0.2, 0) is 0 Å². The smallest absolute Gasteiger partial charge is 0.274 e. The van der Waals surface area contributed by atoms with Crippen molar-refractivity contribution >= 4 is 21.9 Å². The van der Waals surface area contributed by atoms with Gasteiger partial charge in [-0.25, -0.2) is 4.98 Å². The summed E-state index contributed by atoms with van der Waals surface area (Å²) < 4.78 is 0. The van der Waals surface area contributed by atoms with Crippen LogP contribution in [-0.4, -0.2) is 20.4 Å². The summed E-state index contributed by atoms with van der Waals surface area (Å²) in [5.74, 6) is 0. The van der Waals surface area contributed by atoms with Gasteiger partial charge in [0.25, 0.3) is 11.1 Å². The standard InChI is InChI=1S/C11H7N3O2.H2O/c15-8-5-12-9-6-3-1-2-4-7(6)13-11(16)10(9)14-8;/h1-5H,(H,13,16)(H,14,15);1H2. The summed E-state index contributed by atoms with van der Waals surface area (Å²) >= 11 is 0. The minimum atomic E-state index is -0.381. The van der Waals surface area contributed by atoms with Gasteiger partial charge in [0, 0.05) is 5.39 Å². The average Bonchev–Trinajstić information content (AvgIpc) is 2.29. The normalized spacial score (nSPS) is 10.4. The quantitative estimate of drug-likeness (QED) is 0.528. The Morgan fingerprint density at radius 3 is 2.65 bits per heavy atom. The van der Waals surface area contributed by atoms with Gasteiger partial charge in [0.05, 0.1) is 11.7 Å². The molecule has 0 fully saturated rings. The molecule has 3 rings (SSSR count). The number of benzene rings is 1. The Bertz CT molecular complexity index is 804. The lowest BCUT2D eigenvalue weighted by atomic mass is 10.2. The molecule has 0 spiro atoms. The number of hydrogen-bond donors (Lipinski definition) is 2. The van der Waals surface area contributed by atoms with E-state index in [-0.39, 0.29) is 22.1 Å². The van der Waals surface area contributed by atoms with E-state index in [1.165, 1.54) is 6.20 Å². The highest BCUT2D eigenvalue weighted by Crippen LogP contribution is 2.15. The van der Waals surface area contributed by atoms with Crippen LogP contribution in [0.1, 0.15) is 0 Å². The highest BCUT2D eigenvalue weighted by Gasteiger charge is 2.05. The minimum Gasteiger partial charge on any atom is -0.412 e. The summed E-state index contributed by atoms with van der Waals surface area (Å²) in [7, 11) is 0. The topological polar surface area (TPSA) is 110 Å². The predicted molar refractivity (Wildman–Crippen MR) is 64.1 cm³/mol. The summed E-state index contributed by atoms with van der Waals surface area (Å²) in [4.78, 5) is 32.0. The van der Waals surface area contributed by atoms with Gasteiger partial charge < -0.3 is 15.4 Å². The van der Waals surface area contributed by atoms with Crippen molar-refractivity contribution in [3.63, 3.8) is 0 Å². The van der Waals surface area contributed by atoms with E-state index in [1.54, 1.807) is 6.07 Å². The second-order valence-electron chi connectivity index (χ2n) is 3.47. The second-order valence-corrected chi connectivity index (χ2v) is 3.47. The molecule has 0 amide bonds. The maximum atomic E-state index is 11.7. The summed E-state index contributed by atoms with van der Waals surface area (Å²) in [6, 6.07) is 7.32. The molecule has 4 N–H and O–H groups in total. The van der Waals surface area contributed by atoms with Gasteiger partial charge in [-0.05, 0) is 6.07 Å². The zero-order valence-corrected chi connectivity index (χ0v) is 8.65. The number of aromatic amines is 2. The van der Waals surface area contributed by atoms with Crippen molar-refractivity contribution in [3.8, 4) is 0 Å². The third kappa shape index (κ3) is 1.60. The molecule has 17 heavy (non-hydrogen) atoms. The van der Waals surface area contributed by atoms with Crippen LogP contribution in [0.4, 0.5) is 0 Å². The molecule has 0 aliphatic carbocycles. The molecule has 0 atom stereocenters. The fourth-order valence-electron chi connectivity index (χ4n) is 1.75. The van der Waals surface area contributed by atoms with Gasteiger partial charge >= 0.3 is 0 Å². The summed E-state index contributed by atoms with van der Waals surface area (Å²) in [5.41, 5.74) is 0.719. The third-order valence-electron chi connectivity index (χ3n) is 2.45. The average molecular weight is 231 g/mol. The third-order valence-corrected chi connectivity index (χ3v) is 2.45. The number of H-pyrrole nitrogens is 2. The van der Waals surface area contributed by atoms with Gasteiger partial charge in [0.2, 0.25) is 0 Å². The highest BCUT2D eigenvalue weighted by atomic mass is 16.1. The molecule has 86 valence electrons. The molecule has 1 aromatic carbocycles. The summed E-state index contributed by atoms with van der Waals surface area (Å²) in [6.07, 6.45) is 1.17. The van der Waals surface area contributed by atoms with Crippen molar-refractivity contribution in [2.24, 2.45) is 0 Å². The first-order valence-electron chi connectivity index (χ1n) is 4.76. The molecule has 0 aliphatic heterocycles. The van der Waals surface area contributed by atoms with Crippen molar-refractivity contribution in [3.05, 3.63) is 51.2 Å². The first kappa shape index (κ1) is 11.0. The number of fused-ring (bicyclic) bond motifs is 3. The van der Waals surface area contributed by atoms with Crippen molar-refractivity contribution in [2.45, 2.75) is 0 Å². The molecule has 0 unspecified atom stereocenters. The molecule has 0 radical (unpaired) electrons. The fraction of sp³-hybridized carbons (Fsp3) is 0. The van der Waals surface area contributed by atoms with Crippen molar-refractivity contribution in [1.29, 1.82) is 0 Å². The molecule has 0 aliphatic rings. The van der Waals surface area contributed by atoms with Crippen molar-refractivity contribution in [1.82, 2.24) is 15.0 Å². The zero-order valence-electron chi connectivity index (χ0n) is 8.65. The van der Waals surface area contributed by atoms with Crippen molar-refractivity contribution in [2.75, 3.05) is 0 Å². The summed E-state index contributed by atoms with van der Waals surface area (Å²) in [6.45, 7) is 0. The predicted octanol–water partition coefficient (Wildman–Crippen LogP) is -0.0601. The van der Waals surface area contributed by atoms with E-state index in [2.05, 4.69) is 15.0 Å². The molecule has 6 heteroatoms. The van der Waals surface area contributed by atoms with Crippen LogP contribution >= 0.6 is 0 Å². The minimum absolute atomic E-state index is 0. The summed E-state index contributed by atoms with van der Waals surface area (Å²) in [5, 5.41) is 0.813. The number of nitrogens with one attached hydrogen (secondary N) is 2. The molecule has 0 saturated heterocycles. The molecule has 2 heterocycles. The lowest BCUT2D eigenvalue weighted by Crippen LogP contribution is -2.15. The zero-order chi connectivity index (χ0) is 11.1. The van der Waals surface area contributed by atoms with Gasteiger partial charge in [0.1, 0.15) is 11.0 Å². The molecule has 0 bridgehead atoms. The number of para-hydroxylation sites is 1. The Labute approximate surface area is 94.3 Å². The van der Waals surface area contributed by atoms with Gasteiger partial charge in [-0.3, -0.25) is 9.59 Å². The van der Waals surface area contributed by atoms with Gasteiger partial charge in [-0.1, -0.05) is 18.2 Å². The van der Waals surface area contributed by atoms with E-state index in [0.717, 1.165) is 5.39 Å². The Morgan fingerprint density at radius 2 is 1.82 bits per heavy atom. The molecular weight excluding hydrogens is 222 g/mol. The highest BCUT2D eigenvalue weighted by molar-refractivity contribution is 6.00. The molecule has 3 aromatic rings. The molecule has 2 aromatic heterocycles. The monoisotopic (exact) mass is 231 g/mol. The van der Waals surface area contributed by atoms with Gasteiger partial charge in [-0.2, -0.15) is 0 Å².